The van der Waals surface area contributed by atoms with Gasteiger partial charge in [-0.25, -0.2) is 0 Å². The van der Waals surface area contributed by atoms with Crippen molar-refractivity contribution < 1.29 is 9.53 Å². The third-order valence-electron chi connectivity index (χ3n) is 1.05. The van der Waals surface area contributed by atoms with E-state index in [0.29, 0.717) is 0 Å². The number of esters is 1. The monoisotopic (exact) mass is 162 g/mol. The molecule has 0 aromatic heterocycles. The van der Waals surface area contributed by atoms with Crippen LogP contribution in [-0.2, 0) is 9.53 Å². The summed E-state index contributed by atoms with van der Waals surface area (Å²) in [6, 6.07) is 0. The minimum atomic E-state index is -0.226. The maximum atomic E-state index is 10.5. The van der Waals surface area contributed by atoms with Crippen LogP contribution in [0.3, 0.4) is 0 Å². The van der Waals surface area contributed by atoms with Gasteiger partial charge >= 0.3 is 5.97 Å². The normalized spacial score (nSPS) is 8.55. The van der Waals surface area contributed by atoms with Gasteiger partial charge in [0.15, 0.2) is 0 Å². The largest absolute Gasteiger partial charge is 0.468 e. The van der Waals surface area contributed by atoms with E-state index in [1.54, 1.807) is 0 Å². The molecule has 68 valence electrons. The zero-order valence-corrected chi connectivity index (χ0v) is 6.44. The van der Waals surface area contributed by atoms with Crippen LogP contribution in [0.5, 0.6) is 0 Å². The van der Waals surface area contributed by atoms with Crippen molar-refractivity contribution in [1.29, 1.82) is 0 Å². The number of ether oxygens (including phenoxy) is 1. The number of rotatable bonds is 5. The van der Waals surface area contributed by atoms with E-state index in [4.69, 9.17) is 0 Å². The molecule has 0 aromatic rings. The molecule has 0 aliphatic heterocycles. The van der Waals surface area contributed by atoms with Crippen molar-refractivity contribution >= 4 is 5.97 Å². The van der Waals surface area contributed by atoms with E-state index < -0.39 is 0 Å². The first-order chi connectivity index (χ1) is 4.81. The Hall–Kier alpha value is -0.610. The number of carbonyl (C=O) groups is 1. The lowest BCUT2D eigenvalue weighted by molar-refractivity contribution is -0.139. The molecule has 0 aliphatic rings. The van der Waals surface area contributed by atoms with Gasteiger partial charge in [-0.15, -0.1) is 0 Å². The summed E-state index contributed by atoms with van der Waals surface area (Å²) in [5.74, 6) is -0.226. The van der Waals surface area contributed by atoms with Gasteiger partial charge < -0.3 is 15.4 Å². The van der Waals surface area contributed by atoms with E-state index in [0.717, 1.165) is 13.1 Å². The van der Waals surface area contributed by atoms with Crippen molar-refractivity contribution in [2.75, 3.05) is 33.8 Å². The Kier molecular flexibility index (Phi) is 11.1. The Balaban J connectivity index is 0. The number of hydrogen-bond donors (Lipinski definition) is 2. The first-order valence-electron chi connectivity index (χ1n) is 3.23. The Morgan fingerprint density at radius 2 is 2.09 bits per heavy atom. The quantitative estimate of drug-likeness (QED) is 0.427. The highest BCUT2D eigenvalue weighted by molar-refractivity contribution is 5.71. The number of methoxy groups -OCH3 is 1. The number of likely N-dealkylation sites (N-methyl/N-ethyl adjacent to an activating group) is 1. The first kappa shape index (κ1) is 13.0. The van der Waals surface area contributed by atoms with E-state index in [9.17, 15) is 4.79 Å². The maximum Gasteiger partial charge on any atom is 0.319 e. The molecule has 0 aliphatic carbocycles. The second kappa shape index (κ2) is 9.39. The highest BCUT2D eigenvalue weighted by Crippen LogP contribution is 1.67. The fourth-order valence-corrected chi connectivity index (χ4v) is 0.476. The lowest BCUT2D eigenvalue weighted by Gasteiger charge is -2.01. The van der Waals surface area contributed by atoms with Crippen LogP contribution in [0.15, 0.2) is 0 Å². The van der Waals surface area contributed by atoms with Gasteiger partial charge in [0.05, 0.1) is 13.7 Å². The average molecular weight is 162 g/mol. The molecule has 11 heavy (non-hydrogen) atoms. The highest BCUT2D eigenvalue weighted by atomic mass is 16.5. The second-order valence-corrected chi connectivity index (χ2v) is 1.86. The molecule has 0 saturated heterocycles. The summed E-state index contributed by atoms with van der Waals surface area (Å²) in [5, 5.41) is 5.84. The van der Waals surface area contributed by atoms with Crippen LogP contribution < -0.4 is 10.6 Å². The molecule has 0 fully saturated rings. The van der Waals surface area contributed by atoms with Crippen LogP contribution in [0, 0.1) is 0 Å². The van der Waals surface area contributed by atoms with Gasteiger partial charge in [0.1, 0.15) is 0 Å². The van der Waals surface area contributed by atoms with E-state index in [1.165, 1.54) is 7.11 Å². The van der Waals surface area contributed by atoms with Crippen LogP contribution in [0.25, 0.3) is 0 Å². The van der Waals surface area contributed by atoms with E-state index in [-0.39, 0.29) is 19.9 Å². The molecule has 4 heteroatoms. The number of carbonyl (C=O) groups excluding carboxylic acids is 1. The number of hydrogen-bond acceptors (Lipinski definition) is 4. The van der Waals surface area contributed by atoms with Crippen LogP contribution >= 0.6 is 0 Å². The van der Waals surface area contributed by atoms with Crippen molar-refractivity contribution in [2.45, 2.75) is 7.43 Å². The Morgan fingerprint density at radius 1 is 1.45 bits per heavy atom. The van der Waals surface area contributed by atoms with Crippen molar-refractivity contribution in [1.82, 2.24) is 10.6 Å². The smallest absolute Gasteiger partial charge is 0.319 e. The topological polar surface area (TPSA) is 50.4 Å². The third kappa shape index (κ3) is 9.39. The summed E-state index contributed by atoms with van der Waals surface area (Å²) in [5.41, 5.74) is 0. The van der Waals surface area contributed by atoms with Gasteiger partial charge in [0.2, 0.25) is 0 Å². The van der Waals surface area contributed by atoms with E-state index >= 15 is 0 Å². The van der Waals surface area contributed by atoms with Crippen LogP contribution in [0.2, 0.25) is 0 Å². The minimum Gasteiger partial charge on any atom is -0.468 e. The lowest BCUT2D eigenvalue weighted by Crippen LogP contribution is -2.30. The molecule has 2 N–H and O–H groups in total. The van der Waals surface area contributed by atoms with Gasteiger partial charge in [-0.1, -0.05) is 7.43 Å². The van der Waals surface area contributed by atoms with Gasteiger partial charge in [-0.05, 0) is 7.05 Å². The first-order valence-corrected chi connectivity index (χ1v) is 3.23. The fraction of sp³-hybridized carbons (Fsp3) is 0.857. The Labute approximate surface area is 68.3 Å². The molecule has 0 unspecified atom stereocenters. The second-order valence-electron chi connectivity index (χ2n) is 1.86. The van der Waals surface area contributed by atoms with Crippen molar-refractivity contribution in [3.8, 4) is 0 Å². The minimum absolute atomic E-state index is 0. The van der Waals surface area contributed by atoms with Gasteiger partial charge in [0, 0.05) is 13.1 Å². The van der Waals surface area contributed by atoms with Crippen molar-refractivity contribution in [3.05, 3.63) is 0 Å². The Morgan fingerprint density at radius 3 is 2.55 bits per heavy atom. The zero-order valence-electron chi connectivity index (χ0n) is 6.44. The van der Waals surface area contributed by atoms with Crippen molar-refractivity contribution in [2.24, 2.45) is 0 Å². The summed E-state index contributed by atoms with van der Waals surface area (Å²) in [6.07, 6.45) is 0. The Bertz CT molecular complexity index is 96.4. The fourth-order valence-electron chi connectivity index (χ4n) is 0.476. The van der Waals surface area contributed by atoms with Crippen LogP contribution in [0.1, 0.15) is 7.43 Å². The molecular formula is C7H18N2O2. The SMILES string of the molecule is C.CNCCNCC(=O)OC. The average Bonchev–Trinajstić information content (AvgIpc) is 1.98. The summed E-state index contributed by atoms with van der Waals surface area (Å²) in [7, 11) is 3.24. The van der Waals surface area contributed by atoms with E-state index in [1.807, 2.05) is 7.05 Å². The predicted molar refractivity (Wildman–Crippen MR) is 45.5 cm³/mol. The van der Waals surface area contributed by atoms with E-state index in [2.05, 4.69) is 15.4 Å². The zero-order chi connectivity index (χ0) is 7.82. The molecule has 4 nitrogen and oxygen atoms in total. The molecule has 0 spiro atoms. The predicted octanol–water partition coefficient (Wildman–Crippen LogP) is -0.395. The summed E-state index contributed by atoms with van der Waals surface area (Å²) < 4.78 is 4.41. The number of nitrogens with one attached hydrogen (secondary N) is 2. The molecule has 0 heterocycles. The summed E-state index contributed by atoms with van der Waals surface area (Å²) in [6.45, 7) is 1.93. The molecule has 0 aromatic carbocycles. The third-order valence-corrected chi connectivity index (χ3v) is 1.05. The molecule has 0 saturated carbocycles. The molecule has 0 rings (SSSR count). The maximum absolute atomic E-state index is 10.5. The molecular weight excluding hydrogens is 144 g/mol. The van der Waals surface area contributed by atoms with Crippen LogP contribution in [-0.4, -0.2) is 39.8 Å². The summed E-state index contributed by atoms with van der Waals surface area (Å²) in [4.78, 5) is 10.5. The molecule has 0 bridgehead atoms. The molecule has 0 radical (unpaired) electrons. The molecule has 0 atom stereocenters. The molecule has 0 amide bonds. The lowest BCUT2D eigenvalue weighted by atomic mass is 10.5. The highest BCUT2D eigenvalue weighted by Gasteiger charge is 1.95. The summed E-state index contributed by atoms with van der Waals surface area (Å²) >= 11 is 0. The van der Waals surface area contributed by atoms with Gasteiger partial charge in [0.25, 0.3) is 0 Å². The van der Waals surface area contributed by atoms with Gasteiger partial charge in [-0.2, -0.15) is 0 Å². The van der Waals surface area contributed by atoms with Crippen molar-refractivity contribution in [3.63, 3.8) is 0 Å². The standard InChI is InChI=1S/C6H14N2O2.CH4/c1-7-3-4-8-5-6(9)10-2;/h7-8H,3-5H2,1-2H3;1H4. The van der Waals surface area contributed by atoms with Gasteiger partial charge in [-0.3, -0.25) is 4.79 Å². The van der Waals surface area contributed by atoms with Crippen LogP contribution in [0.4, 0.5) is 0 Å².